The molecule has 3 rings (SSSR count). The van der Waals surface area contributed by atoms with Crippen LogP contribution in [-0.2, 0) is 24.6 Å². The third kappa shape index (κ3) is 7.19. The zero-order valence-corrected chi connectivity index (χ0v) is 23.8. The second-order valence-corrected chi connectivity index (χ2v) is 10.8. The summed E-state index contributed by atoms with van der Waals surface area (Å²) >= 11 is 0. The second-order valence-electron chi connectivity index (χ2n) is 10.8. The van der Waals surface area contributed by atoms with Gasteiger partial charge in [0.2, 0.25) is 0 Å². The molecule has 8 heteroatoms. The smallest absolute Gasteiger partial charge is 0.410 e. The predicted octanol–water partition coefficient (Wildman–Crippen LogP) is 6.38. The summed E-state index contributed by atoms with van der Waals surface area (Å²) in [6.07, 6.45) is 7.58. The first-order valence-electron chi connectivity index (χ1n) is 13.5. The maximum absolute atomic E-state index is 13.5. The van der Waals surface area contributed by atoms with Crippen LogP contribution in [0.4, 0.5) is 4.79 Å². The standard InChI is InChI=1S/C31H40N2O6/c1-7-8-12-21-13-14-24-22(16-21)17-23(33(24)5)19-31(3,4)28(35)27-25(34)18-26(39-29(27)36)20(2)11-9-10-15-32-30(37)38-6/h10,13-18,20,34H,7-9,11-12,19H2,1-6H3,(H,32,37)/b15-10+. The van der Waals surface area contributed by atoms with E-state index in [1.165, 1.54) is 24.9 Å². The van der Waals surface area contributed by atoms with Gasteiger partial charge in [0, 0.05) is 53.7 Å². The number of aromatic nitrogens is 1. The van der Waals surface area contributed by atoms with Gasteiger partial charge >= 0.3 is 11.7 Å². The number of aryl methyl sites for hydroxylation is 2. The van der Waals surface area contributed by atoms with Crippen molar-refractivity contribution in [2.75, 3.05) is 7.11 Å². The second kappa shape index (κ2) is 12.8. The van der Waals surface area contributed by atoms with Gasteiger partial charge in [0.05, 0.1) is 7.11 Å². The molecule has 39 heavy (non-hydrogen) atoms. The molecular formula is C31H40N2O6. The number of Topliss-reactive ketones (excluding diaryl/α,β-unsaturated/α-hetero) is 1. The normalized spacial score (nSPS) is 12.7. The lowest BCUT2D eigenvalue weighted by atomic mass is 9.80. The number of nitrogens with one attached hydrogen (secondary N) is 1. The number of carbonyl (C=O) groups is 2. The van der Waals surface area contributed by atoms with E-state index in [1.807, 2.05) is 14.0 Å². The average Bonchev–Trinajstić information content (AvgIpc) is 3.19. The highest BCUT2D eigenvalue weighted by molar-refractivity contribution is 6.02. The highest BCUT2D eigenvalue weighted by Gasteiger charge is 2.35. The molecule has 2 heterocycles. The minimum Gasteiger partial charge on any atom is -0.507 e. The Labute approximate surface area is 229 Å². The van der Waals surface area contributed by atoms with Crippen LogP contribution in [0.5, 0.6) is 5.75 Å². The number of benzene rings is 1. The van der Waals surface area contributed by atoms with Crippen molar-refractivity contribution in [3.63, 3.8) is 0 Å². The van der Waals surface area contributed by atoms with E-state index < -0.39 is 22.9 Å². The summed E-state index contributed by atoms with van der Waals surface area (Å²) in [5.41, 5.74) is 1.24. The topological polar surface area (TPSA) is 111 Å². The molecule has 0 bridgehead atoms. The Morgan fingerprint density at radius 1 is 1.23 bits per heavy atom. The summed E-state index contributed by atoms with van der Waals surface area (Å²) in [6, 6.07) is 9.93. The minimum absolute atomic E-state index is 0.193. The minimum atomic E-state index is -0.954. The Bertz CT molecular complexity index is 1410. The van der Waals surface area contributed by atoms with Crippen molar-refractivity contribution in [1.29, 1.82) is 0 Å². The van der Waals surface area contributed by atoms with E-state index in [4.69, 9.17) is 4.42 Å². The van der Waals surface area contributed by atoms with Gasteiger partial charge in [-0.2, -0.15) is 0 Å². The summed E-state index contributed by atoms with van der Waals surface area (Å²) in [5.74, 6) is -0.722. The van der Waals surface area contributed by atoms with Crippen LogP contribution in [0.25, 0.3) is 10.9 Å². The first-order valence-corrected chi connectivity index (χ1v) is 13.5. The molecule has 0 aliphatic rings. The quantitative estimate of drug-likeness (QED) is 0.260. The van der Waals surface area contributed by atoms with Gasteiger partial charge in [-0.25, -0.2) is 9.59 Å². The maximum Gasteiger partial charge on any atom is 0.410 e. The number of allylic oxidation sites excluding steroid dienone is 1. The van der Waals surface area contributed by atoms with Crippen LogP contribution in [0.2, 0.25) is 0 Å². The molecule has 210 valence electrons. The number of nitrogens with zero attached hydrogens (tertiary/aromatic N) is 1. The van der Waals surface area contributed by atoms with E-state index in [0.717, 1.165) is 35.9 Å². The van der Waals surface area contributed by atoms with Crippen LogP contribution in [0.3, 0.4) is 0 Å². The molecule has 0 aliphatic heterocycles. The van der Waals surface area contributed by atoms with Crippen molar-refractivity contribution >= 4 is 22.8 Å². The SMILES string of the molecule is CCCCc1ccc2c(c1)cc(CC(C)(C)C(=O)c1c(O)cc(C(C)CC/C=C/NC(=O)OC)oc1=O)n2C. The number of alkyl carbamates (subject to hydrolysis) is 1. The number of hydrogen-bond acceptors (Lipinski definition) is 6. The number of fused-ring (bicyclic) bond motifs is 1. The van der Waals surface area contributed by atoms with Crippen molar-refractivity contribution in [3.8, 4) is 5.75 Å². The first kappa shape index (κ1) is 29.7. The molecule has 1 amide bonds. The molecule has 8 nitrogen and oxygen atoms in total. The van der Waals surface area contributed by atoms with E-state index in [-0.39, 0.29) is 17.2 Å². The lowest BCUT2D eigenvalue weighted by Gasteiger charge is -2.23. The Morgan fingerprint density at radius 2 is 1.97 bits per heavy atom. The molecule has 1 atom stereocenters. The predicted molar refractivity (Wildman–Crippen MR) is 152 cm³/mol. The molecule has 1 unspecified atom stereocenters. The summed E-state index contributed by atoms with van der Waals surface area (Å²) in [7, 11) is 3.26. The number of amides is 1. The lowest BCUT2D eigenvalue weighted by molar-refractivity contribution is 0.0827. The Kier molecular flexibility index (Phi) is 9.78. The summed E-state index contributed by atoms with van der Waals surface area (Å²) < 4.78 is 12.1. The summed E-state index contributed by atoms with van der Waals surface area (Å²) in [4.78, 5) is 37.5. The Balaban J connectivity index is 1.76. The molecule has 0 spiro atoms. The number of rotatable bonds is 12. The van der Waals surface area contributed by atoms with Gasteiger partial charge in [0.25, 0.3) is 0 Å². The zero-order valence-electron chi connectivity index (χ0n) is 23.8. The van der Waals surface area contributed by atoms with Gasteiger partial charge in [-0.1, -0.05) is 46.3 Å². The fourth-order valence-corrected chi connectivity index (χ4v) is 4.74. The van der Waals surface area contributed by atoms with Crippen LogP contribution < -0.4 is 10.9 Å². The molecule has 3 aromatic rings. The maximum atomic E-state index is 13.5. The summed E-state index contributed by atoms with van der Waals surface area (Å²) in [5, 5.41) is 14.3. The third-order valence-corrected chi connectivity index (χ3v) is 7.20. The number of aromatic hydroxyl groups is 1. The van der Waals surface area contributed by atoms with Gasteiger partial charge in [-0.15, -0.1) is 0 Å². The molecule has 0 aliphatic carbocycles. The summed E-state index contributed by atoms with van der Waals surface area (Å²) in [6.45, 7) is 7.60. The number of methoxy groups -OCH3 is 1. The number of ketones is 1. The van der Waals surface area contributed by atoms with Gasteiger partial charge in [0.15, 0.2) is 5.78 Å². The zero-order chi connectivity index (χ0) is 28.7. The van der Waals surface area contributed by atoms with Crippen LogP contribution in [0, 0.1) is 5.41 Å². The van der Waals surface area contributed by atoms with E-state index in [2.05, 4.69) is 45.8 Å². The van der Waals surface area contributed by atoms with Crippen molar-refractivity contribution < 1.29 is 23.8 Å². The highest BCUT2D eigenvalue weighted by Crippen LogP contribution is 2.33. The average molecular weight is 537 g/mol. The molecule has 0 saturated carbocycles. The van der Waals surface area contributed by atoms with Crippen molar-refractivity contribution in [1.82, 2.24) is 9.88 Å². The van der Waals surface area contributed by atoms with Crippen LogP contribution in [0.15, 0.2) is 51.8 Å². The van der Waals surface area contributed by atoms with E-state index in [9.17, 15) is 19.5 Å². The molecule has 2 N–H and O–H groups in total. The number of unbranched alkanes of at least 4 members (excludes halogenated alkanes) is 1. The number of carbonyl (C=O) groups excluding carboxylic acids is 2. The Hall–Kier alpha value is -3.81. The van der Waals surface area contributed by atoms with E-state index in [0.29, 0.717) is 25.0 Å². The fraction of sp³-hybridized carbons (Fsp3) is 0.452. The van der Waals surface area contributed by atoms with Crippen LogP contribution in [-0.4, -0.2) is 28.7 Å². The monoisotopic (exact) mass is 536 g/mol. The molecule has 0 saturated heterocycles. The van der Waals surface area contributed by atoms with Crippen LogP contribution >= 0.6 is 0 Å². The molecule has 0 radical (unpaired) electrons. The first-order chi connectivity index (χ1) is 18.5. The molecule has 2 aromatic heterocycles. The van der Waals surface area contributed by atoms with Crippen molar-refractivity contribution in [2.24, 2.45) is 12.5 Å². The number of ether oxygens (including phenoxy) is 1. The van der Waals surface area contributed by atoms with Gasteiger partial charge < -0.3 is 18.8 Å². The Morgan fingerprint density at radius 3 is 2.64 bits per heavy atom. The van der Waals surface area contributed by atoms with E-state index >= 15 is 0 Å². The van der Waals surface area contributed by atoms with Crippen molar-refractivity contribution in [2.45, 2.75) is 72.1 Å². The fourth-order valence-electron chi connectivity index (χ4n) is 4.74. The van der Waals surface area contributed by atoms with E-state index in [1.54, 1.807) is 19.9 Å². The molecule has 0 fully saturated rings. The molecule has 1 aromatic carbocycles. The highest BCUT2D eigenvalue weighted by atomic mass is 16.5. The van der Waals surface area contributed by atoms with Crippen LogP contribution in [0.1, 0.15) is 86.7 Å². The van der Waals surface area contributed by atoms with Crippen molar-refractivity contribution in [3.05, 3.63) is 75.6 Å². The lowest BCUT2D eigenvalue weighted by Crippen LogP contribution is -2.31. The van der Waals surface area contributed by atoms with Gasteiger partial charge in [-0.05, 0) is 49.4 Å². The van der Waals surface area contributed by atoms with Gasteiger partial charge in [0.1, 0.15) is 17.1 Å². The molecular weight excluding hydrogens is 496 g/mol. The third-order valence-electron chi connectivity index (χ3n) is 7.20. The largest absolute Gasteiger partial charge is 0.507 e. The van der Waals surface area contributed by atoms with Gasteiger partial charge in [-0.3, -0.25) is 10.1 Å². The number of hydrogen-bond donors (Lipinski definition) is 2.